The molecule has 3 rings (SSSR count). The van der Waals surface area contributed by atoms with Gasteiger partial charge in [-0.15, -0.1) is 0 Å². The molecule has 3 N–H and O–H groups in total. The predicted octanol–water partition coefficient (Wildman–Crippen LogP) is 2.76. The molecular formula is C17H23N5S. The van der Waals surface area contributed by atoms with Crippen LogP contribution in [0.1, 0.15) is 20.3 Å². The lowest BCUT2D eigenvalue weighted by atomic mass is 10.0. The van der Waals surface area contributed by atoms with Gasteiger partial charge in [0.25, 0.3) is 0 Å². The molecule has 0 amide bonds. The van der Waals surface area contributed by atoms with E-state index < -0.39 is 0 Å². The minimum Gasteiger partial charge on any atom is -0.403 e. The van der Waals surface area contributed by atoms with Gasteiger partial charge in [-0.3, -0.25) is 0 Å². The molecule has 0 radical (unpaired) electrons. The molecule has 0 saturated heterocycles. The first-order valence-corrected chi connectivity index (χ1v) is 8.86. The average molecular weight is 329 g/mol. The highest BCUT2D eigenvalue weighted by Gasteiger charge is 2.29. The summed E-state index contributed by atoms with van der Waals surface area (Å²) >= 11 is 1.77. The molecule has 1 aliphatic carbocycles. The van der Waals surface area contributed by atoms with E-state index in [4.69, 9.17) is 5.73 Å². The standard InChI is InChI=1S/C17H23N5S/c1-3-12(2)22(9-6-18)11-13-4-5-15-14(10-13)21-16-17(23-15)20-8-7-19-16/h4-10,12,14-15H,3,11,18H2,1-2H3,(H,19,21)/b9-6-. The number of nitrogens with two attached hydrogens (primary N) is 1. The summed E-state index contributed by atoms with van der Waals surface area (Å²) in [6.07, 6.45) is 14.9. The third-order valence-electron chi connectivity index (χ3n) is 4.26. The molecule has 0 bridgehead atoms. The summed E-state index contributed by atoms with van der Waals surface area (Å²) in [4.78, 5) is 11.0. The van der Waals surface area contributed by atoms with E-state index in [0.29, 0.717) is 11.3 Å². The van der Waals surface area contributed by atoms with Crippen molar-refractivity contribution in [2.75, 3.05) is 11.9 Å². The second kappa shape index (κ2) is 7.08. The molecule has 2 aliphatic rings. The van der Waals surface area contributed by atoms with Crippen molar-refractivity contribution in [3.8, 4) is 0 Å². The summed E-state index contributed by atoms with van der Waals surface area (Å²) in [5.41, 5.74) is 6.89. The van der Waals surface area contributed by atoms with Crippen molar-refractivity contribution >= 4 is 17.6 Å². The van der Waals surface area contributed by atoms with Crippen LogP contribution in [0.5, 0.6) is 0 Å². The minimum absolute atomic E-state index is 0.254. The Bertz CT molecular complexity index is 640. The molecule has 2 heterocycles. The van der Waals surface area contributed by atoms with E-state index in [1.54, 1.807) is 30.4 Å². The quantitative estimate of drug-likeness (QED) is 0.866. The van der Waals surface area contributed by atoms with Crippen molar-refractivity contribution in [1.29, 1.82) is 0 Å². The van der Waals surface area contributed by atoms with Crippen molar-refractivity contribution in [2.45, 2.75) is 42.6 Å². The zero-order chi connectivity index (χ0) is 16.2. The number of anilines is 1. The largest absolute Gasteiger partial charge is 0.403 e. The van der Waals surface area contributed by atoms with E-state index in [1.165, 1.54) is 5.57 Å². The lowest BCUT2D eigenvalue weighted by molar-refractivity contribution is 0.308. The zero-order valence-electron chi connectivity index (χ0n) is 13.5. The minimum atomic E-state index is 0.254. The first kappa shape index (κ1) is 15.9. The highest BCUT2D eigenvalue weighted by atomic mass is 32.2. The molecule has 0 saturated carbocycles. The summed E-state index contributed by atoms with van der Waals surface area (Å²) in [6, 6.07) is 0.715. The Balaban J connectivity index is 1.74. The van der Waals surface area contributed by atoms with E-state index >= 15 is 0 Å². The molecule has 23 heavy (non-hydrogen) atoms. The number of aromatic nitrogens is 2. The van der Waals surface area contributed by atoms with Crippen LogP contribution in [-0.4, -0.2) is 38.7 Å². The zero-order valence-corrected chi connectivity index (χ0v) is 14.3. The normalized spacial score (nSPS) is 23.7. The van der Waals surface area contributed by atoms with E-state index in [1.807, 2.05) is 6.20 Å². The fourth-order valence-electron chi connectivity index (χ4n) is 2.77. The highest BCUT2D eigenvalue weighted by Crippen LogP contribution is 2.37. The number of hydrogen-bond acceptors (Lipinski definition) is 6. The van der Waals surface area contributed by atoms with E-state index in [-0.39, 0.29) is 6.04 Å². The van der Waals surface area contributed by atoms with Gasteiger partial charge in [-0.05, 0) is 18.9 Å². The second-order valence-corrected chi connectivity index (χ2v) is 7.00. The number of thioether (sulfide) groups is 1. The van der Waals surface area contributed by atoms with Gasteiger partial charge in [-0.1, -0.05) is 36.9 Å². The Morgan fingerprint density at radius 2 is 2.26 bits per heavy atom. The topological polar surface area (TPSA) is 67.1 Å². The van der Waals surface area contributed by atoms with Gasteiger partial charge < -0.3 is 16.0 Å². The van der Waals surface area contributed by atoms with Crippen LogP contribution in [0.25, 0.3) is 0 Å². The van der Waals surface area contributed by atoms with Crippen molar-refractivity contribution in [3.05, 3.63) is 48.6 Å². The van der Waals surface area contributed by atoms with Crippen LogP contribution in [0.4, 0.5) is 5.82 Å². The molecule has 5 nitrogen and oxygen atoms in total. The Labute approximate surface area is 141 Å². The third kappa shape index (κ3) is 3.52. The van der Waals surface area contributed by atoms with Crippen molar-refractivity contribution in [2.24, 2.45) is 5.73 Å². The van der Waals surface area contributed by atoms with Crippen LogP contribution in [0.2, 0.25) is 0 Å². The van der Waals surface area contributed by atoms with Crippen LogP contribution in [0, 0.1) is 0 Å². The SMILES string of the molecule is CCC(C)N(/C=C\N)CC1=CC2Nc3nccnc3SC2C=C1. The van der Waals surface area contributed by atoms with Gasteiger partial charge in [0.1, 0.15) is 5.03 Å². The van der Waals surface area contributed by atoms with Gasteiger partial charge in [-0.25, -0.2) is 9.97 Å². The van der Waals surface area contributed by atoms with Gasteiger partial charge in [-0.2, -0.15) is 0 Å². The maximum absolute atomic E-state index is 5.60. The number of nitrogens with one attached hydrogen (secondary N) is 1. The van der Waals surface area contributed by atoms with Gasteiger partial charge in [0, 0.05) is 37.4 Å². The summed E-state index contributed by atoms with van der Waals surface area (Å²) in [6.45, 7) is 5.27. The van der Waals surface area contributed by atoms with E-state index in [2.05, 4.69) is 52.3 Å². The molecule has 6 heteroatoms. The van der Waals surface area contributed by atoms with Crippen molar-refractivity contribution in [3.63, 3.8) is 0 Å². The Morgan fingerprint density at radius 3 is 3.04 bits per heavy atom. The van der Waals surface area contributed by atoms with Crippen molar-refractivity contribution in [1.82, 2.24) is 14.9 Å². The van der Waals surface area contributed by atoms with Crippen LogP contribution < -0.4 is 11.1 Å². The summed E-state index contributed by atoms with van der Waals surface area (Å²) in [5, 5.41) is 4.83. The Morgan fingerprint density at radius 1 is 1.43 bits per heavy atom. The first-order chi connectivity index (χ1) is 11.2. The monoisotopic (exact) mass is 329 g/mol. The fourth-order valence-corrected chi connectivity index (χ4v) is 3.82. The molecule has 0 fully saturated rings. The molecule has 1 aromatic heterocycles. The highest BCUT2D eigenvalue weighted by molar-refractivity contribution is 8.00. The molecular weight excluding hydrogens is 306 g/mol. The lowest BCUT2D eigenvalue weighted by Gasteiger charge is -2.33. The predicted molar refractivity (Wildman–Crippen MR) is 96.1 cm³/mol. The van der Waals surface area contributed by atoms with Crippen LogP contribution in [0.3, 0.4) is 0 Å². The van der Waals surface area contributed by atoms with Crippen molar-refractivity contribution < 1.29 is 0 Å². The number of rotatable bonds is 5. The average Bonchev–Trinajstić information content (AvgIpc) is 2.58. The van der Waals surface area contributed by atoms with Crippen LogP contribution in [0.15, 0.2) is 53.6 Å². The molecule has 122 valence electrons. The Hall–Kier alpha value is -1.95. The first-order valence-electron chi connectivity index (χ1n) is 7.98. The summed E-state index contributed by atoms with van der Waals surface area (Å²) in [7, 11) is 0. The van der Waals surface area contributed by atoms with E-state index in [9.17, 15) is 0 Å². The molecule has 3 atom stereocenters. The smallest absolute Gasteiger partial charge is 0.159 e. The summed E-state index contributed by atoms with van der Waals surface area (Å²) < 4.78 is 0. The number of nitrogens with zero attached hydrogens (tertiary/aromatic N) is 3. The van der Waals surface area contributed by atoms with E-state index in [0.717, 1.165) is 23.8 Å². The molecule has 1 aliphatic heterocycles. The summed E-state index contributed by atoms with van der Waals surface area (Å²) in [5.74, 6) is 0.880. The molecule has 1 aromatic rings. The second-order valence-electron chi connectivity index (χ2n) is 5.83. The van der Waals surface area contributed by atoms with Gasteiger partial charge in [0.05, 0.1) is 11.3 Å². The molecule has 3 unspecified atom stereocenters. The van der Waals surface area contributed by atoms with Gasteiger partial charge in [0.2, 0.25) is 0 Å². The molecule has 0 aromatic carbocycles. The maximum Gasteiger partial charge on any atom is 0.159 e. The van der Waals surface area contributed by atoms with Crippen LogP contribution in [-0.2, 0) is 0 Å². The fraction of sp³-hybridized carbons (Fsp3) is 0.412. The van der Waals surface area contributed by atoms with Gasteiger partial charge in [0.15, 0.2) is 5.82 Å². The van der Waals surface area contributed by atoms with Crippen LogP contribution >= 0.6 is 11.8 Å². The van der Waals surface area contributed by atoms with Gasteiger partial charge >= 0.3 is 0 Å². The lowest BCUT2D eigenvalue weighted by Crippen LogP contribution is -2.36. The molecule has 0 spiro atoms. The maximum atomic E-state index is 5.60. The number of fused-ring (bicyclic) bond motifs is 2. The third-order valence-corrected chi connectivity index (χ3v) is 5.51. The number of hydrogen-bond donors (Lipinski definition) is 2. The Kier molecular flexibility index (Phi) is 4.91.